The van der Waals surface area contributed by atoms with Crippen molar-refractivity contribution in [1.29, 1.82) is 0 Å². The van der Waals surface area contributed by atoms with E-state index in [9.17, 15) is 5.11 Å². The van der Waals surface area contributed by atoms with Gasteiger partial charge in [0.2, 0.25) is 0 Å². The van der Waals surface area contributed by atoms with Crippen molar-refractivity contribution in [3.8, 4) is 5.75 Å². The Hall–Kier alpha value is -2.38. The van der Waals surface area contributed by atoms with Gasteiger partial charge in [-0.1, -0.05) is 70.7 Å². The first-order chi connectivity index (χ1) is 16.9. The highest BCUT2D eigenvalue weighted by Crippen LogP contribution is 2.25. The largest absolute Gasteiger partial charge is 0.497 e. The normalized spacial score (nSPS) is 11.4. The Morgan fingerprint density at radius 3 is 1.71 bits per heavy atom. The summed E-state index contributed by atoms with van der Waals surface area (Å²) in [6.45, 7) is 0.796. The number of aliphatic hydroxyl groups excluding tert-OH is 1. The second-order valence-corrected chi connectivity index (χ2v) is 9.00. The highest BCUT2D eigenvalue weighted by molar-refractivity contribution is 6.35. The van der Waals surface area contributed by atoms with Gasteiger partial charge in [-0.2, -0.15) is 0 Å². The van der Waals surface area contributed by atoms with Crippen LogP contribution >= 0.6 is 46.4 Å². The molecule has 0 spiro atoms. The minimum atomic E-state index is -0.702. The van der Waals surface area contributed by atoms with Gasteiger partial charge in [0.25, 0.3) is 0 Å². The second-order valence-electron chi connectivity index (χ2n) is 7.31. The van der Waals surface area contributed by atoms with Crippen molar-refractivity contribution in [3.63, 3.8) is 0 Å². The molecule has 5 nitrogen and oxygen atoms in total. The summed E-state index contributed by atoms with van der Waals surface area (Å²) in [5, 5.41) is 12.4. The summed E-state index contributed by atoms with van der Waals surface area (Å²) in [4.78, 5) is 7.74. The van der Waals surface area contributed by atoms with Gasteiger partial charge in [0, 0.05) is 38.0 Å². The third-order valence-electron chi connectivity index (χ3n) is 4.87. The summed E-state index contributed by atoms with van der Waals surface area (Å²) in [5.74, 6) is 0.764. The van der Waals surface area contributed by atoms with Gasteiger partial charge in [0.15, 0.2) is 0 Å². The summed E-state index contributed by atoms with van der Waals surface area (Å²) < 4.78 is 10.6. The fourth-order valence-corrected chi connectivity index (χ4v) is 3.90. The number of rotatable bonds is 7. The number of hydrogen-bond donors (Lipinski definition) is 1. The fraction of sp³-hybridized carbons (Fsp3) is 0.154. The maximum atomic E-state index is 10.0. The molecule has 1 aromatic heterocycles. The molecule has 0 amide bonds. The molecule has 1 atom stereocenters. The minimum Gasteiger partial charge on any atom is -0.497 e. The lowest BCUT2D eigenvalue weighted by Gasteiger charge is -2.10. The predicted octanol–water partition coefficient (Wildman–Crippen LogP) is 7.58. The van der Waals surface area contributed by atoms with Crippen molar-refractivity contribution in [3.05, 3.63) is 122 Å². The fourth-order valence-electron chi connectivity index (χ4n) is 2.98. The zero-order valence-corrected chi connectivity index (χ0v) is 21.7. The van der Waals surface area contributed by atoms with Gasteiger partial charge in [-0.3, -0.25) is 0 Å². The Morgan fingerprint density at radius 2 is 1.26 bits per heavy atom. The highest BCUT2D eigenvalue weighted by atomic mass is 35.5. The summed E-state index contributed by atoms with van der Waals surface area (Å²) in [6.07, 6.45) is 3.93. The summed E-state index contributed by atoms with van der Waals surface area (Å²) >= 11 is 23.8. The molecule has 0 aliphatic carbocycles. The van der Waals surface area contributed by atoms with Gasteiger partial charge in [-0.25, -0.2) is 9.97 Å². The van der Waals surface area contributed by atoms with Crippen molar-refractivity contribution >= 4 is 46.4 Å². The molecule has 0 saturated carbocycles. The molecule has 1 N–H and O–H groups in total. The number of hydrogen-bond acceptors (Lipinski definition) is 5. The van der Waals surface area contributed by atoms with Crippen LogP contribution in [0, 0.1) is 0 Å². The molecule has 0 fully saturated rings. The molecular formula is C26H22Cl4N2O3. The molecule has 0 bridgehead atoms. The van der Waals surface area contributed by atoms with E-state index >= 15 is 0 Å². The maximum Gasteiger partial charge on any atom is 0.118 e. The molecule has 1 heterocycles. The topological polar surface area (TPSA) is 64.5 Å². The smallest absolute Gasteiger partial charge is 0.118 e. The standard InChI is InChI=1S/C14H10Cl4O.C12H12N2O2/c15-11-3-1-9(13(17)5-11)7-19-8-10-2-4-12(16)6-14(10)18;1-16-11-4-2-9(3-5-11)12(15)10-6-13-8-14-7-10/h1-6H,7-8H2;2-8,12,15H,1H3. The van der Waals surface area contributed by atoms with E-state index in [2.05, 4.69) is 9.97 Å². The van der Waals surface area contributed by atoms with E-state index in [4.69, 9.17) is 55.9 Å². The average Bonchev–Trinajstić information content (AvgIpc) is 2.87. The van der Waals surface area contributed by atoms with Crippen LogP contribution in [0.15, 0.2) is 79.4 Å². The summed E-state index contributed by atoms with van der Waals surface area (Å²) in [5.41, 5.74) is 3.23. The highest BCUT2D eigenvalue weighted by Gasteiger charge is 2.10. The molecule has 4 aromatic rings. The predicted molar refractivity (Wildman–Crippen MR) is 141 cm³/mol. The zero-order chi connectivity index (χ0) is 25.2. The van der Waals surface area contributed by atoms with Gasteiger partial charge >= 0.3 is 0 Å². The van der Waals surface area contributed by atoms with Gasteiger partial charge in [0.05, 0.1) is 20.3 Å². The average molecular weight is 552 g/mol. The monoisotopic (exact) mass is 550 g/mol. The number of halogens is 4. The summed E-state index contributed by atoms with van der Waals surface area (Å²) in [6, 6.07) is 17.9. The third-order valence-corrected chi connectivity index (χ3v) is 6.05. The molecule has 9 heteroatoms. The van der Waals surface area contributed by atoms with Crippen LogP contribution in [0.3, 0.4) is 0 Å². The lowest BCUT2D eigenvalue weighted by molar-refractivity contribution is 0.107. The lowest BCUT2D eigenvalue weighted by atomic mass is 10.0. The SMILES string of the molecule is COc1ccc(C(O)c2cncnc2)cc1.Clc1ccc(COCc2ccc(Cl)cc2Cl)c(Cl)c1. The number of aromatic nitrogens is 2. The Labute approximate surface area is 224 Å². The Kier molecular flexibility index (Phi) is 10.6. The molecule has 0 aliphatic rings. The first-order valence-electron chi connectivity index (χ1n) is 10.4. The number of nitrogens with zero attached hydrogens (tertiary/aromatic N) is 2. The van der Waals surface area contributed by atoms with Crippen LogP contribution in [0.1, 0.15) is 28.4 Å². The maximum absolute atomic E-state index is 10.0. The molecule has 4 rings (SSSR count). The van der Waals surface area contributed by atoms with Crippen molar-refractivity contribution in [2.24, 2.45) is 0 Å². The molecule has 1 unspecified atom stereocenters. The number of benzene rings is 3. The van der Waals surface area contributed by atoms with Gasteiger partial charge in [0.1, 0.15) is 18.2 Å². The number of aliphatic hydroxyl groups is 1. The van der Waals surface area contributed by atoms with E-state index in [0.717, 1.165) is 22.4 Å². The van der Waals surface area contributed by atoms with Crippen LogP contribution in [-0.2, 0) is 18.0 Å². The van der Waals surface area contributed by atoms with E-state index < -0.39 is 6.10 Å². The molecular weight excluding hydrogens is 530 g/mol. The van der Waals surface area contributed by atoms with Crippen molar-refractivity contribution in [2.75, 3.05) is 7.11 Å². The Morgan fingerprint density at radius 1 is 0.743 bits per heavy atom. The Bertz CT molecular complexity index is 1170. The minimum absolute atomic E-state index is 0.398. The third kappa shape index (κ3) is 8.36. The number of ether oxygens (including phenoxy) is 2. The first kappa shape index (κ1) is 27.2. The van der Waals surface area contributed by atoms with Crippen LogP contribution in [0.25, 0.3) is 0 Å². The van der Waals surface area contributed by atoms with Crippen molar-refractivity contribution in [1.82, 2.24) is 9.97 Å². The molecule has 0 saturated heterocycles. The molecule has 182 valence electrons. The van der Waals surface area contributed by atoms with Crippen LogP contribution < -0.4 is 4.74 Å². The van der Waals surface area contributed by atoms with E-state index in [-0.39, 0.29) is 0 Å². The van der Waals surface area contributed by atoms with E-state index in [0.29, 0.717) is 38.9 Å². The van der Waals surface area contributed by atoms with Crippen LogP contribution in [-0.4, -0.2) is 22.2 Å². The van der Waals surface area contributed by atoms with Gasteiger partial charge < -0.3 is 14.6 Å². The van der Waals surface area contributed by atoms with Gasteiger partial charge in [-0.15, -0.1) is 0 Å². The van der Waals surface area contributed by atoms with Crippen LogP contribution in [0.4, 0.5) is 0 Å². The van der Waals surface area contributed by atoms with Crippen molar-refractivity contribution < 1.29 is 14.6 Å². The van der Waals surface area contributed by atoms with Crippen LogP contribution in [0.2, 0.25) is 20.1 Å². The summed E-state index contributed by atoms with van der Waals surface area (Å²) in [7, 11) is 1.61. The molecule has 0 radical (unpaired) electrons. The van der Waals surface area contributed by atoms with Gasteiger partial charge in [-0.05, 0) is 53.1 Å². The molecule has 0 aliphatic heterocycles. The Balaban J connectivity index is 0.000000198. The van der Waals surface area contributed by atoms with E-state index in [1.54, 1.807) is 43.8 Å². The molecule has 3 aromatic carbocycles. The quantitative estimate of drug-likeness (QED) is 0.256. The van der Waals surface area contributed by atoms with Crippen molar-refractivity contribution in [2.45, 2.75) is 19.3 Å². The second kappa shape index (κ2) is 13.6. The molecule has 35 heavy (non-hydrogen) atoms. The number of methoxy groups -OCH3 is 1. The zero-order valence-electron chi connectivity index (χ0n) is 18.7. The lowest BCUT2D eigenvalue weighted by Crippen LogP contribution is -2.00. The first-order valence-corrected chi connectivity index (χ1v) is 11.9. The van der Waals surface area contributed by atoms with E-state index in [1.807, 2.05) is 36.4 Å². The van der Waals surface area contributed by atoms with Crippen LogP contribution in [0.5, 0.6) is 5.75 Å². The van der Waals surface area contributed by atoms with E-state index in [1.165, 1.54) is 6.33 Å².